The fourth-order valence-electron chi connectivity index (χ4n) is 1.45. The minimum Gasteiger partial charge on any atom is -0.385 e. The molecule has 1 rings (SSSR count). The lowest BCUT2D eigenvalue weighted by Gasteiger charge is -2.12. The Morgan fingerprint density at radius 2 is 2.10 bits per heavy atom. The molecular formula is C13H14ClF3N2O. The van der Waals surface area contributed by atoms with Crippen molar-refractivity contribution in [3.63, 3.8) is 0 Å². The standard InChI is InChI=1S/C13H14ClF3N2O/c1-2-6-19-12(20)5-7-18-9-3-4-11(14)10(8-9)13(15,16)17/h2-4,8,18H,1,5-7H2,(H,19,20). The van der Waals surface area contributed by atoms with Gasteiger partial charge in [-0.15, -0.1) is 6.58 Å². The number of carbonyl (C=O) groups is 1. The maximum Gasteiger partial charge on any atom is 0.417 e. The molecule has 2 N–H and O–H groups in total. The normalized spacial score (nSPS) is 11.0. The van der Waals surface area contributed by atoms with Crippen LogP contribution in [0, 0.1) is 0 Å². The summed E-state index contributed by atoms with van der Waals surface area (Å²) in [5, 5.41) is 4.96. The van der Waals surface area contributed by atoms with E-state index in [-0.39, 0.29) is 29.6 Å². The van der Waals surface area contributed by atoms with Gasteiger partial charge in [-0.1, -0.05) is 17.7 Å². The summed E-state index contributed by atoms with van der Waals surface area (Å²) in [4.78, 5) is 11.3. The van der Waals surface area contributed by atoms with Gasteiger partial charge in [-0.05, 0) is 18.2 Å². The summed E-state index contributed by atoms with van der Waals surface area (Å²) in [6, 6.07) is 3.52. The van der Waals surface area contributed by atoms with Gasteiger partial charge in [0.15, 0.2) is 0 Å². The fourth-order valence-corrected chi connectivity index (χ4v) is 1.67. The van der Waals surface area contributed by atoms with E-state index in [9.17, 15) is 18.0 Å². The average molecular weight is 307 g/mol. The molecule has 1 aromatic rings. The first-order valence-corrected chi connectivity index (χ1v) is 6.20. The van der Waals surface area contributed by atoms with E-state index in [2.05, 4.69) is 17.2 Å². The van der Waals surface area contributed by atoms with Crippen LogP contribution in [-0.2, 0) is 11.0 Å². The first-order valence-electron chi connectivity index (χ1n) is 5.83. The largest absolute Gasteiger partial charge is 0.417 e. The smallest absolute Gasteiger partial charge is 0.385 e. The number of halogens is 4. The molecule has 1 aromatic carbocycles. The van der Waals surface area contributed by atoms with E-state index in [4.69, 9.17) is 11.6 Å². The van der Waals surface area contributed by atoms with Crippen LogP contribution in [0.15, 0.2) is 30.9 Å². The number of amides is 1. The van der Waals surface area contributed by atoms with Gasteiger partial charge < -0.3 is 10.6 Å². The molecule has 7 heteroatoms. The lowest BCUT2D eigenvalue weighted by atomic mass is 10.2. The third-order valence-electron chi connectivity index (χ3n) is 2.40. The zero-order valence-corrected chi connectivity index (χ0v) is 11.3. The summed E-state index contributed by atoms with van der Waals surface area (Å²) < 4.78 is 37.9. The minimum atomic E-state index is -4.50. The molecule has 0 bridgehead atoms. The molecule has 0 heterocycles. The Balaban J connectivity index is 2.57. The molecule has 0 spiro atoms. The Kier molecular flexibility index (Phi) is 5.88. The van der Waals surface area contributed by atoms with E-state index in [1.807, 2.05) is 0 Å². The Hall–Kier alpha value is -1.69. The average Bonchev–Trinajstić information content (AvgIpc) is 2.37. The van der Waals surface area contributed by atoms with Crippen LogP contribution in [0.5, 0.6) is 0 Å². The molecular weight excluding hydrogens is 293 g/mol. The quantitative estimate of drug-likeness (QED) is 0.790. The van der Waals surface area contributed by atoms with Crippen LogP contribution in [-0.4, -0.2) is 19.0 Å². The molecule has 0 saturated carbocycles. The van der Waals surface area contributed by atoms with E-state index >= 15 is 0 Å². The van der Waals surface area contributed by atoms with Crippen molar-refractivity contribution in [2.75, 3.05) is 18.4 Å². The summed E-state index contributed by atoms with van der Waals surface area (Å²) in [6.45, 7) is 4.04. The summed E-state index contributed by atoms with van der Waals surface area (Å²) in [5.41, 5.74) is -0.640. The monoisotopic (exact) mass is 306 g/mol. The molecule has 0 radical (unpaired) electrons. The van der Waals surface area contributed by atoms with Crippen LogP contribution in [0.3, 0.4) is 0 Å². The van der Waals surface area contributed by atoms with Gasteiger partial charge in [0.1, 0.15) is 0 Å². The topological polar surface area (TPSA) is 41.1 Å². The van der Waals surface area contributed by atoms with Crippen molar-refractivity contribution in [1.82, 2.24) is 5.32 Å². The molecule has 0 aliphatic carbocycles. The number of rotatable bonds is 6. The summed E-state index contributed by atoms with van der Waals surface area (Å²) >= 11 is 5.50. The predicted octanol–water partition coefficient (Wildman–Crippen LogP) is 3.46. The van der Waals surface area contributed by atoms with Crippen LogP contribution < -0.4 is 10.6 Å². The Labute approximate surface area is 119 Å². The second-order valence-electron chi connectivity index (χ2n) is 3.96. The molecule has 110 valence electrons. The van der Waals surface area contributed by atoms with E-state index < -0.39 is 11.7 Å². The zero-order valence-electron chi connectivity index (χ0n) is 10.6. The van der Waals surface area contributed by atoms with Crippen molar-refractivity contribution < 1.29 is 18.0 Å². The maximum atomic E-state index is 12.6. The predicted molar refractivity (Wildman–Crippen MR) is 72.8 cm³/mol. The van der Waals surface area contributed by atoms with Crippen molar-refractivity contribution in [1.29, 1.82) is 0 Å². The van der Waals surface area contributed by atoms with Gasteiger partial charge in [-0.2, -0.15) is 13.2 Å². The van der Waals surface area contributed by atoms with E-state index in [0.29, 0.717) is 6.54 Å². The number of anilines is 1. The highest BCUT2D eigenvalue weighted by Gasteiger charge is 2.33. The molecule has 1 amide bonds. The SMILES string of the molecule is C=CCNC(=O)CCNc1ccc(Cl)c(C(F)(F)F)c1. The second kappa shape index (κ2) is 7.19. The van der Waals surface area contributed by atoms with Crippen LogP contribution >= 0.6 is 11.6 Å². The van der Waals surface area contributed by atoms with Crippen molar-refractivity contribution in [2.45, 2.75) is 12.6 Å². The summed E-state index contributed by atoms with van der Waals surface area (Å²) in [5.74, 6) is -0.206. The highest BCUT2D eigenvalue weighted by Crippen LogP contribution is 2.36. The van der Waals surface area contributed by atoms with Gasteiger partial charge in [0, 0.05) is 25.2 Å². The molecule has 0 aliphatic rings. The lowest BCUT2D eigenvalue weighted by Crippen LogP contribution is -2.25. The maximum absolute atomic E-state index is 12.6. The van der Waals surface area contributed by atoms with Crippen molar-refractivity contribution in [3.8, 4) is 0 Å². The molecule has 0 unspecified atom stereocenters. The highest BCUT2D eigenvalue weighted by atomic mass is 35.5. The Morgan fingerprint density at radius 1 is 1.40 bits per heavy atom. The number of hydrogen-bond acceptors (Lipinski definition) is 2. The highest BCUT2D eigenvalue weighted by molar-refractivity contribution is 6.31. The number of hydrogen-bond donors (Lipinski definition) is 2. The first-order chi connectivity index (χ1) is 9.34. The van der Waals surface area contributed by atoms with Gasteiger partial charge in [-0.25, -0.2) is 0 Å². The number of nitrogens with one attached hydrogen (secondary N) is 2. The molecule has 20 heavy (non-hydrogen) atoms. The summed E-state index contributed by atoms with van der Waals surface area (Å²) in [7, 11) is 0. The number of alkyl halides is 3. The van der Waals surface area contributed by atoms with E-state index in [1.165, 1.54) is 12.1 Å². The van der Waals surface area contributed by atoms with E-state index in [1.54, 1.807) is 6.08 Å². The second-order valence-corrected chi connectivity index (χ2v) is 4.37. The van der Waals surface area contributed by atoms with E-state index in [0.717, 1.165) is 6.07 Å². The van der Waals surface area contributed by atoms with Crippen molar-refractivity contribution in [2.24, 2.45) is 0 Å². The van der Waals surface area contributed by atoms with Gasteiger partial charge in [0.2, 0.25) is 5.91 Å². The third-order valence-corrected chi connectivity index (χ3v) is 2.73. The molecule has 3 nitrogen and oxygen atoms in total. The molecule has 0 aliphatic heterocycles. The molecule has 0 atom stereocenters. The van der Waals surface area contributed by atoms with Crippen molar-refractivity contribution in [3.05, 3.63) is 41.4 Å². The molecule has 0 fully saturated rings. The Bertz CT molecular complexity index is 489. The van der Waals surface area contributed by atoms with Gasteiger partial charge in [0.25, 0.3) is 0 Å². The Morgan fingerprint density at radius 3 is 2.70 bits per heavy atom. The fraction of sp³-hybridized carbons (Fsp3) is 0.308. The minimum absolute atomic E-state index is 0.151. The summed E-state index contributed by atoms with van der Waals surface area (Å²) in [6.07, 6.45) is -2.81. The number of carbonyl (C=O) groups excluding carboxylic acids is 1. The van der Waals surface area contributed by atoms with Crippen LogP contribution in [0.2, 0.25) is 5.02 Å². The van der Waals surface area contributed by atoms with Gasteiger partial charge >= 0.3 is 6.18 Å². The third kappa shape index (κ3) is 5.13. The zero-order chi connectivity index (χ0) is 15.2. The number of benzene rings is 1. The van der Waals surface area contributed by atoms with Crippen LogP contribution in [0.4, 0.5) is 18.9 Å². The van der Waals surface area contributed by atoms with Gasteiger partial charge in [0.05, 0.1) is 10.6 Å². The molecule has 0 aromatic heterocycles. The lowest BCUT2D eigenvalue weighted by molar-refractivity contribution is -0.137. The van der Waals surface area contributed by atoms with Gasteiger partial charge in [-0.3, -0.25) is 4.79 Å². The first kappa shape index (κ1) is 16.4. The van der Waals surface area contributed by atoms with Crippen molar-refractivity contribution >= 4 is 23.2 Å². The van der Waals surface area contributed by atoms with Crippen LogP contribution in [0.25, 0.3) is 0 Å². The molecule has 0 saturated heterocycles. The van der Waals surface area contributed by atoms with Crippen LogP contribution in [0.1, 0.15) is 12.0 Å².